The lowest BCUT2D eigenvalue weighted by Gasteiger charge is -2.30. The molecule has 0 saturated carbocycles. The molecule has 1 saturated heterocycles. The third-order valence-corrected chi connectivity index (χ3v) is 2.97. The van der Waals surface area contributed by atoms with E-state index in [1.54, 1.807) is 0 Å². The molecular formula is C12H19N3. The standard InChI is InChI=1S/C12H19N3/c1-15-8-2-3-12(10-15)14-9-11-4-6-13-7-5-11/h4-7,12,14H,2-3,8-10H2,1H3. The van der Waals surface area contributed by atoms with Crippen LogP contribution in [0, 0.1) is 0 Å². The number of hydrogen-bond donors (Lipinski definition) is 1. The van der Waals surface area contributed by atoms with Gasteiger partial charge in [0.15, 0.2) is 0 Å². The van der Waals surface area contributed by atoms with Crippen molar-refractivity contribution in [1.29, 1.82) is 0 Å². The molecule has 1 unspecified atom stereocenters. The predicted octanol–water partition coefficient (Wildman–Crippen LogP) is 1.27. The van der Waals surface area contributed by atoms with Crippen molar-refractivity contribution in [3.8, 4) is 0 Å². The van der Waals surface area contributed by atoms with Crippen LogP contribution in [-0.4, -0.2) is 36.1 Å². The van der Waals surface area contributed by atoms with Gasteiger partial charge < -0.3 is 10.2 Å². The lowest BCUT2D eigenvalue weighted by molar-refractivity contribution is 0.226. The molecule has 1 aliphatic heterocycles. The fourth-order valence-corrected chi connectivity index (χ4v) is 2.10. The van der Waals surface area contributed by atoms with E-state index in [4.69, 9.17) is 0 Å². The Bertz CT molecular complexity index is 286. The normalized spacial score (nSPS) is 22.9. The van der Waals surface area contributed by atoms with Crippen molar-refractivity contribution < 1.29 is 0 Å². The summed E-state index contributed by atoms with van der Waals surface area (Å²) in [4.78, 5) is 6.41. The van der Waals surface area contributed by atoms with Crippen molar-refractivity contribution in [3.05, 3.63) is 30.1 Å². The Morgan fingerprint density at radius 1 is 1.47 bits per heavy atom. The first-order valence-corrected chi connectivity index (χ1v) is 5.65. The van der Waals surface area contributed by atoms with Crippen molar-refractivity contribution in [1.82, 2.24) is 15.2 Å². The van der Waals surface area contributed by atoms with E-state index in [1.165, 1.54) is 31.5 Å². The molecule has 0 aliphatic carbocycles. The molecule has 2 rings (SSSR count). The van der Waals surface area contributed by atoms with Crippen molar-refractivity contribution in [2.24, 2.45) is 0 Å². The van der Waals surface area contributed by atoms with Gasteiger partial charge in [-0.05, 0) is 44.1 Å². The van der Waals surface area contributed by atoms with Crippen molar-refractivity contribution in [3.63, 3.8) is 0 Å². The third-order valence-electron chi connectivity index (χ3n) is 2.97. The molecule has 1 aromatic rings. The summed E-state index contributed by atoms with van der Waals surface area (Å²) in [7, 11) is 2.19. The second-order valence-electron chi connectivity index (χ2n) is 4.34. The van der Waals surface area contributed by atoms with E-state index in [2.05, 4.69) is 34.4 Å². The molecule has 0 bridgehead atoms. The number of likely N-dealkylation sites (N-methyl/N-ethyl adjacent to an activating group) is 1. The topological polar surface area (TPSA) is 28.2 Å². The summed E-state index contributed by atoms with van der Waals surface area (Å²) in [6, 6.07) is 4.79. The van der Waals surface area contributed by atoms with Gasteiger partial charge in [-0.1, -0.05) is 0 Å². The van der Waals surface area contributed by atoms with E-state index in [0.29, 0.717) is 6.04 Å². The van der Waals surface area contributed by atoms with Gasteiger partial charge in [-0.25, -0.2) is 0 Å². The second-order valence-corrected chi connectivity index (χ2v) is 4.34. The van der Waals surface area contributed by atoms with Crippen LogP contribution in [0.5, 0.6) is 0 Å². The summed E-state index contributed by atoms with van der Waals surface area (Å²) in [6.45, 7) is 3.37. The molecule has 1 aromatic heterocycles. The second kappa shape index (κ2) is 5.24. The monoisotopic (exact) mass is 205 g/mol. The molecule has 1 N–H and O–H groups in total. The Morgan fingerprint density at radius 3 is 3.00 bits per heavy atom. The average Bonchev–Trinajstić information content (AvgIpc) is 2.28. The first-order chi connectivity index (χ1) is 7.34. The van der Waals surface area contributed by atoms with E-state index in [0.717, 1.165) is 6.54 Å². The predicted molar refractivity (Wildman–Crippen MR) is 61.6 cm³/mol. The van der Waals surface area contributed by atoms with Gasteiger partial charge in [-0.15, -0.1) is 0 Å². The van der Waals surface area contributed by atoms with Crippen LogP contribution in [0.2, 0.25) is 0 Å². The molecule has 0 aromatic carbocycles. The van der Waals surface area contributed by atoms with Crippen LogP contribution < -0.4 is 5.32 Å². The largest absolute Gasteiger partial charge is 0.309 e. The lowest BCUT2D eigenvalue weighted by atomic mass is 10.1. The minimum absolute atomic E-state index is 0.650. The molecule has 82 valence electrons. The Morgan fingerprint density at radius 2 is 2.27 bits per heavy atom. The first kappa shape index (κ1) is 10.6. The minimum Gasteiger partial charge on any atom is -0.309 e. The van der Waals surface area contributed by atoms with E-state index in [-0.39, 0.29) is 0 Å². The maximum atomic E-state index is 4.02. The van der Waals surface area contributed by atoms with E-state index >= 15 is 0 Å². The van der Waals surface area contributed by atoms with Crippen molar-refractivity contribution >= 4 is 0 Å². The van der Waals surface area contributed by atoms with Crippen molar-refractivity contribution in [2.45, 2.75) is 25.4 Å². The Kier molecular flexibility index (Phi) is 3.69. The number of nitrogens with zero attached hydrogens (tertiary/aromatic N) is 2. The van der Waals surface area contributed by atoms with E-state index in [1.807, 2.05) is 12.4 Å². The Balaban J connectivity index is 1.78. The molecule has 3 nitrogen and oxygen atoms in total. The molecule has 2 heterocycles. The molecule has 15 heavy (non-hydrogen) atoms. The van der Waals surface area contributed by atoms with Crippen LogP contribution in [0.3, 0.4) is 0 Å². The zero-order valence-electron chi connectivity index (χ0n) is 9.32. The number of likely N-dealkylation sites (tertiary alicyclic amines) is 1. The minimum atomic E-state index is 0.650. The molecule has 1 atom stereocenters. The molecule has 0 spiro atoms. The highest BCUT2D eigenvalue weighted by atomic mass is 15.1. The summed E-state index contributed by atoms with van der Waals surface area (Å²) < 4.78 is 0. The van der Waals surface area contributed by atoms with Crippen LogP contribution in [0.25, 0.3) is 0 Å². The summed E-state index contributed by atoms with van der Waals surface area (Å²) in [6.07, 6.45) is 6.31. The zero-order chi connectivity index (χ0) is 10.5. The number of hydrogen-bond acceptors (Lipinski definition) is 3. The van der Waals surface area contributed by atoms with Gasteiger partial charge in [0.05, 0.1) is 0 Å². The SMILES string of the molecule is CN1CCCC(NCc2ccncc2)C1. The Hall–Kier alpha value is -0.930. The van der Waals surface area contributed by atoms with Gasteiger partial charge in [0, 0.05) is 31.5 Å². The van der Waals surface area contributed by atoms with Crippen molar-refractivity contribution in [2.75, 3.05) is 20.1 Å². The van der Waals surface area contributed by atoms with E-state index in [9.17, 15) is 0 Å². The summed E-state index contributed by atoms with van der Waals surface area (Å²) in [5.41, 5.74) is 1.32. The highest BCUT2D eigenvalue weighted by Crippen LogP contribution is 2.08. The highest BCUT2D eigenvalue weighted by molar-refractivity contribution is 5.09. The maximum absolute atomic E-state index is 4.02. The molecule has 0 radical (unpaired) electrons. The first-order valence-electron chi connectivity index (χ1n) is 5.65. The van der Waals surface area contributed by atoms with Gasteiger partial charge in [0.2, 0.25) is 0 Å². The Labute approximate surface area is 91.5 Å². The lowest BCUT2D eigenvalue weighted by Crippen LogP contribution is -2.43. The molecule has 1 fully saturated rings. The average molecular weight is 205 g/mol. The molecular weight excluding hydrogens is 186 g/mol. The van der Waals surface area contributed by atoms with Crippen LogP contribution in [-0.2, 0) is 6.54 Å². The molecule has 0 amide bonds. The third kappa shape index (κ3) is 3.29. The van der Waals surface area contributed by atoms with E-state index < -0.39 is 0 Å². The summed E-state index contributed by atoms with van der Waals surface area (Å²) >= 11 is 0. The summed E-state index contributed by atoms with van der Waals surface area (Å²) in [5, 5.41) is 3.60. The van der Waals surface area contributed by atoms with Gasteiger partial charge in [0.1, 0.15) is 0 Å². The number of pyridine rings is 1. The zero-order valence-corrected chi connectivity index (χ0v) is 9.32. The van der Waals surface area contributed by atoms with Crippen LogP contribution in [0.4, 0.5) is 0 Å². The highest BCUT2D eigenvalue weighted by Gasteiger charge is 2.15. The van der Waals surface area contributed by atoms with Gasteiger partial charge in [-0.2, -0.15) is 0 Å². The summed E-state index contributed by atoms with van der Waals surface area (Å²) in [5.74, 6) is 0. The van der Waals surface area contributed by atoms with Crippen LogP contribution in [0.1, 0.15) is 18.4 Å². The van der Waals surface area contributed by atoms with Crippen LogP contribution >= 0.6 is 0 Å². The maximum Gasteiger partial charge on any atom is 0.0271 e. The number of rotatable bonds is 3. The number of aromatic nitrogens is 1. The number of nitrogens with one attached hydrogen (secondary N) is 1. The molecule has 3 heteroatoms. The van der Waals surface area contributed by atoms with Crippen LogP contribution in [0.15, 0.2) is 24.5 Å². The van der Waals surface area contributed by atoms with Gasteiger partial charge >= 0.3 is 0 Å². The fraction of sp³-hybridized carbons (Fsp3) is 0.583. The molecule has 1 aliphatic rings. The van der Waals surface area contributed by atoms with Gasteiger partial charge in [-0.3, -0.25) is 4.98 Å². The van der Waals surface area contributed by atoms with Gasteiger partial charge in [0.25, 0.3) is 0 Å². The fourth-order valence-electron chi connectivity index (χ4n) is 2.10. The number of piperidine rings is 1. The quantitative estimate of drug-likeness (QED) is 0.805. The smallest absolute Gasteiger partial charge is 0.0271 e.